The molecular weight excluding hydrogens is 854 g/mol. The lowest BCUT2D eigenvalue weighted by atomic mass is 9.96. The Labute approximate surface area is 363 Å². The number of benzene rings is 2. The number of carbonyl (C=O) groups is 1. The van der Waals surface area contributed by atoms with Crippen molar-refractivity contribution in [3.8, 4) is 0 Å². The average molecular weight is 917 g/mol. The van der Waals surface area contributed by atoms with Crippen LogP contribution in [0.1, 0.15) is 57.6 Å². The highest BCUT2D eigenvalue weighted by Crippen LogP contribution is 2.27. The highest BCUT2D eigenvalue weighted by Gasteiger charge is 2.38. The zero-order valence-corrected chi connectivity index (χ0v) is 38.6. The summed E-state index contributed by atoms with van der Waals surface area (Å²) in [7, 11) is -6.37. The van der Waals surface area contributed by atoms with Crippen molar-refractivity contribution in [1.82, 2.24) is 28.6 Å². The largest absolute Gasteiger partial charge is 0.444 e. The number of hydrogen-bond donors (Lipinski definition) is 1. The van der Waals surface area contributed by atoms with Crippen LogP contribution in [0, 0.1) is 0 Å². The molecule has 4 saturated heterocycles. The molecule has 2 aromatic rings. The molecule has 4 heterocycles. The zero-order valence-electron chi connectivity index (χ0n) is 33.8. The number of nitrogens with zero attached hydrogens (tertiary/aromatic N) is 5. The maximum absolute atomic E-state index is 12.4. The van der Waals surface area contributed by atoms with Gasteiger partial charge in [-0.2, -0.15) is 8.61 Å². The summed E-state index contributed by atoms with van der Waals surface area (Å²) in [5.41, 5.74) is 1.85. The number of hydrogen-bond acceptors (Lipinski definition) is 9. The molecule has 1 N–H and O–H groups in total. The lowest BCUT2D eigenvalue weighted by Gasteiger charge is -2.47. The summed E-state index contributed by atoms with van der Waals surface area (Å²) in [6.07, 6.45) is 7.93. The predicted molar refractivity (Wildman–Crippen MR) is 235 cm³/mol. The molecule has 0 spiro atoms. The molecule has 1 amide bonds. The van der Waals surface area contributed by atoms with Gasteiger partial charge >= 0.3 is 6.09 Å². The Morgan fingerprint density at radius 3 is 1.42 bits per heavy atom. The van der Waals surface area contributed by atoms with Gasteiger partial charge in [0, 0.05) is 86.6 Å². The van der Waals surface area contributed by atoms with E-state index in [2.05, 4.69) is 15.1 Å². The van der Waals surface area contributed by atoms with Gasteiger partial charge in [0.1, 0.15) is 5.60 Å². The first-order valence-corrected chi connectivity index (χ1v) is 23.9. The molecule has 6 rings (SSSR count). The molecule has 324 valence electrons. The number of sulfonamides is 2. The van der Waals surface area contributed by atoms with Crippen LogP contribution in [0.5, 0.6) is 0 Å². The van der Waals surface area contributed by atoms with E-state index < -0.39 is 25.6 Å². The van der Waals surface area contributed by atoms with Crippen LogP contribution in [0.3, 0.4) is 0 Å². The lowest BCUT2D eigenvalue weighted by molar-refractivity contribution is 0.00447. The Balaban J connectivity index is 0.000000303. The molecule has 4 aliphatic rings. The summed E-state index contributed by atoms with van der Waals surface area (Å²) in [5, 5.41) is 4.83. The second kappa shape index (κ2) is 21.9. The molecule has 4 aliphatic heterocycles. The summed E-state index contributed by atoms with van der Waals surface area (Å²) < 4.78 is 57.1. The van der Waals surface area contributed by atoms with Gasteiger partial charge < -0.3 is 15.0 Å². The number of nitrogens with one attached hydrogen (secondary N) is 1. The Hall–Kier alpha value is -1.43. The first-order valence-electron chi connectivity index (χ1n) is 19.4. The third kappa shape index (κ3) is 15.2. The highest BCUT2D eigenvalue weighted by atomic mass is 35.5. The lowest BCUT2D eigenvalue weighted by Crippen LogP contribution is -2.60. The van der Waals surface area contributed by atoms with Gasteiger partial charge in [-0.25, -0.2) is 21.6 Å². The first-order chi connectivity index (χ1) is 25.9. The molecule has 2 aromatic carbocycles. The highest BCUT2D eigenvalue weighted by molar-refractivity contribution is 7.88. The number of likely N-dealkylation sites (tertiary alicyclic amines) is 1. The van der Waals surface area contributed by atoms with Crippen LogP contribution in [-0.2, 0) is 37.6 Å². The van der Waals surface area contributed by atoms with E-state index in [0.717, 1.165) is 68.7 Å². The van der Waals surface area contributed by atoms with Gasteiger partial charge in [0.25, 0.3) is 0 Å². The van der Waals surface area contributed by atoms with Gasteiger partial charge in [-0.15, -0.1) is 24.8 Å². The third-order valence-corrected chi connectivity index (χ3v) is 14.1. The van der Waals surface area contributed by atoms with E-state index in [1.807, 2.05) is 69.3 Å². The van der Waals surface area contributed by atoms with Crippen LogP contribution in [-0.4, -0.2) is 154 Å². The molecule has 2 atom stereocenters. The summed E-state index contributed by atoms with van der Waals surface area (Å²) in [5.74, 6) is 0. The van der Waals surface area contributed by atoms with Crippen LogP contribution in [0.15, 0.2) is 48.5 Å². The molecule has 0 bridgehead atoms. The maximum Gasteiger partial charge on any atom is 0.410 e. The number of rotatable bonds is 8. The van der Waals surface area contributed by atoms with E-state index in [4.69, 9.17) is 27.9 Å². The van der Waals surface area contributed by atoms with Crippen molar-refractivity contribution < 1.29 is 26.4 Å². The molecule has 0 aromatic heterocycles. The van der Waals surface area contributed by atoms with E-state index >= 15 is 0 Å². The average Bonchev–Trinajstić information content (AvgIpc) is 3.13. The van der Waals surface area contributed by atoms with Crippen molar-refractivity contribution in [2.75, 3.05) is 78.0 Å². The van der Waals surface area contributed by atoms with Crippen LogP contribution in [0.25, 0.3) is 0 Å². The van der Waals surface area contributed by atoms with Crippen LogP contribution < -0.4 is 5.32 Å². The number of carbonyl (C=O) groups excluding carboxylic acids is 1. The van der Waals surface area contributed by atoms with Crippen LogP contribution in [0.4, 0.5) is 4.79 Å². The third-order valence-electron chi connectivity index (χ3n) is 11.1. The van der Waals surface area contributed by atoms with E-state index in [1.54, 1.807) is 13.5 Å². The zero-order chi connectivity index (χ0) is 40.0. The van der Waals surface area contributed by atoms with Gasteiger partial charge in [-0.1, -0.05) is 47.5 Å². The predicted octanol–water partition coefficient (Wildman–Crippen LogP) is 5.65. The summed E-state index contributed by atoms with van der Waals surface area (Å²) >= 11 is 12.0. The minimum Gasteiger partial charge on any atom is -0.444 e. The quantitative estimate of drug-likeness (QED) is 0.358. The minimum absolute atomic E-state index is 0. The molecule has 0 radical (unpaired) electrons. The summed E-state index contributed by atoms with van der Waals surface area (Å²) in [6.45, 7) is 12.7. The maximum atomic E-state index is 12.4. The SMILES string of the molecule is CC(C)(C)OC(=O)N1CCC(N2CCN(S(C)(=O)=O)CC2Cc2ccc(Cl)cc2)CC1.CS(=O)(=O)N1CCN(C2CCNCC2)C(Cc2ccc(Cl)cc2)C1.Cl.Cl. The van der Waals surface area contributed by atoms with Gasteiger partial charge in [-0.05, 0) is 108 Å². The number of halogens is 4. The van der Waals surface area contributed by atoms with Crippen LogP contribution in [0.2, 0.25) is 10.0 Å². The van der Waals surface area contributed by atoms with E-state index in [-0.39, 0.29) is 43.0 Å². The molecule has 12 nitrogen and oxygen atoms in total. The van der Waals surface area contributed by atoms with Crippen molar-refractivity contribution >= 4 is 74.2 Å². The molecule has 0 saturated carbocycles. The Bertz CT molecular complexity index is 1770. The van der Waals surface area contributed by atoms with E-state index in [9.17, 15) is 21.6 Å². The first kappa shape index (κ1) is 49.9. The molecular formula is C39H62Cl4N6O6S2. The second-order valence-electron chi connectivity index (χ2n) is 16.4. The van der Waals surface area contributed by atoms with Crippen molar-refractivity contribution in [2.24, 2.45) is 0 Å². The number of piperidine rings is 2. The van der Waals surface area contributed by atoms with Gasteiger partial charge in [0.2, 0.25) is 20.0 Å². The van der Waals surface area contributed by atoms with E-state index in [0.29, 0.717) is 62.9 Å². The summed E-state index contributed by atoms with van der Waals surface area (Å²) in [6, 6.07) is 16.8. The Kier molecular flexibility index (Phi) is 19.2. The van der Waals surface area contributed by atoms with Crippen LogP contribution >= 0.6 is 48.0 Å². The standard InChI is InChI=1S/C22H34ClN3O4S.C17H26ClN3O2S.2ClH/c1-22(2,3)30-21(27)24-11-9-19(10-12-24)26-14-13-25(31(4,28)29)16-20(26)15-17-5-7-18(23)8-6-17;1-24(22,23)20-10-11-21(16-6-8-19-9-7-16)17(13-20)12-14-2-4-15(18)5-3-14;;/h5-8,19-20H,9-16H2,1-4H3;2-5,16-17,19H,6-13H2,1H3;2*1H. The molecule has 0 aliphatic carbocycles. The second-order valence-corrected chi connectivity index (χ2v) is 21.2. The molecule has 18 heteroatoms. The normalized spacial score (nSPS) is 22.8. The van der Waals surface area contributed by atoms with E-state index in [1.165, 1.54) is 18.1 Å². The Morgan fingerprint density at radius 1 is 0.667 bits per heavy atom. The molecule has 4 fully saturated rings. The van der Waals surface area contributed by atoms with Crippen molar-refractivity contribution in [3.05, 3.63) is 69.7 Å². The monoisotopic (exact) mass is 914 g/mol. The Morgan fingerprint density at radius 2 is 1.05 bits per heavy atom. The number of amides is 1. The fourth-order valence-corrected chi connectivity index (χ4v) is 10.2. The van der Waals surface area contributed by atoms with Gasteiger partial charge in [0.05, 0.1) is 12.5 Å². The molecule has 2 unspecified atom stereocenters. The van der Waals surface area contributed by atoms with Gasteiger partial charge in [-0.3, -0.25) is 9.80 Å². The van der Waals surface area contributed by atoms with Crippen molar-refractivity contribution in [1.29, 1.82) is 0 Å². The number of ether oxygens (including phenoxy) is 1. The smallest absolute Gasteiger partial charge is 0.410 e. The fraction of sp³-hybridized carbons (Fsp3) is 0.667. The molecule has 57 heavy (non-hydrogen) atoms. The summed E-state index contributed by atoms with van der Waals surface area (Å²) in [4.78, 5) is 19.2. The topological polar surface area (TPSA) is 123 Å². The van der Waals surface area contributed by atoms with Crippen molar-refractivity contribution in [2.45, 2.75) is 89.1 Å². The fourth-order valence-electron chi connectivity index (χ4n) is 8.24. The van der Waals surface area contributed by atoms with Gasteiger partial charge in [0.15, 0.2) is 0 Å². The minimum atomic E-state index is -3.23. The number of piperazine rings is 2. The van der Waals surface area contributed by atoms with Crippen molar-refractivity contribution in [3.63, 3.8) is 0 Å².